The van der Waals surface area contributed by atoms with Gasteiger partial charge in [0.1, 0.15) is 0 Å². The van der Waals surface area contributed by atoms with Crippen molar-refractivity contribution in [2.45, 2.75) is 38.2 Å². The molecule has 1 saturated carbocycles. The number of rotatable bonds is 6. The summed E-state index contributed by atoms with van der Waals surface area (Å²) in [6.07, 6.45) is 3.46. The van der Waals surface area contributed by atoms with Crippen LogP contribution in [0.4, 0.5) is 0 Å². The first-order valence-electron chi connectivity index (χ1n) is 7.70. The number of aliphatic hydroxyl groups is 1. The molecule has 0 amide bonds. The molecule has 0 aliphatic heterocycles. The molecule has 21 heavy (non-hydrogen) atoms. The minimum Gasteiger partial charge on any atom is -0.481 e. The summed E-state index contributed by atoms with van der Waals surface area (Å²) < 4.78 is 0. The lowest BCUT2D eigenvalue weighted by Crippen LogP contribution is -2.38. The Morgan fingerprint density at radius 2 is 1.86 bits per heavy atom. The molecular weight excluding hydrogens is 266 g/mol. The highest BCUT2D eigenvalue weighted by atomic mass is 16.4. The zero-order valence-corrected chi connectivity index (χ0v) is 12.6. The maximum atomic E-state index is 10.9. The van der Waals surface area contributed by atoms with Crippen LogP contribution < -0.4 is 5.32 Å². The fraction of sp³-hybridized carbons (Fsp3) is 0.588. The van der Waals surface area contributed by atoms with Gasteiger partial charge in [-0.2, -0.15) is 0 Å². The molecule has 4 nitrogen and oxygen atoms in total. The quantitative estimate of drug-likeness (QED) is 0.752. The normalized spacial score (nSPS) is 25.2. The van der Waals surface area contributed by atoms with E-state index in [1.807, 2.05) is 37.3 Å². The number of carboxylic acids is 1. The highest BCUT2D eigenvalue weighted by Gasteiger charge is 2.27. The summed E-state index contributed by atoms with van der Waals surface area (Å²) in [6.45, 7) is 3.17. The Bertz CT molecular complexity index is 450. The molecule has 0 radical (unpaired) electrons. The summed E-state index contributed by atoms with van der Waals surface area (Å²) in [4.78, 5) is 10.9. The van der Waals surface area contributed by atoms with Crippen LogP contribution in [0.2, 0.25) is 0 Å². The van der Waals surface area contributed by atoms with Crippen molar-refractivity contribution in [1.29, 1.82) is 0 Å². The Morgan fingerprint density at radius 1 is 1.24 bits per heavy atom. The topological polar surface area (TPSA) is 69.6 Å². The van der Waals surface area contributed by atoms with Gasteiger partial charge in [0.15, 0.2) is 0 Å². The first kappa shape index (κ1) is 16.0. The number of aliphatic carboxylic acids is 1. The maximum absolute atomic E-state index is 10.9. The van der Waals surface area contributed by atoms with Crippen LogP contribution in [0, 0.1) is 11.8 Å². The van der Waals surface area contributed by atoms with E-state index >= 15 is 0 Å². The Hall–Kier alpha value is -1.39. The van der Waals surface area contributed by atoms with E-state index in [4.69, 9.17) is 5.11 Å². The molecule has 0 saturated heterocycles. The van der Waals surface area contributed by atoms with E-state index in [-0.39, 0.29) is 5.92 Å². The third-order valence-electron chi connectivity index (χ3n) is 4.49. The van der Waals surface area contributed by atoms with Crippen LogP contribution >= 0.6 is 0 Å². The molecule has 0 aromatic heterocycles. The predicted octanol–water partition coefficient (Wildman–Crippen LogP) is 2.37. The van der Waals surface area contributed by atoms with E-state index in [0.717, 1.165) is 37.8 Å². The second-order valence-corrected chi connectivity index (χ2v) is 6.33. The Morgan fingerprint density at radius 3 is 2.43 bits per heavy atom. The molecule has 0 heterocycles. The van der Waals surface area contributed by atoms with Gasteiger partial charge in [0.25, 0.3) is 0 Å². The van der Waals surface area contributed by atoms with Gasteiger partial charge in [-0.25, -0.2) is 0 Å². The zero-order chi connectivity index (χ0) is 15.3. The van der Waals surface area contributed by atoms with Gasteiger partial charge in [-0.05, 0) is 50.6 Å². The number of hydrogen-bond donors (Lipinski definition) is 3. The summed E-state index contributed by atoms with van der Waals surface area (Å²) in [5.74, 6) is -0.297. The highest BCUT2D eigenvalue weighted by Crippen LogP contribution is 2.28. The Labute approximate surface area is 126 Å². The molecule has 0 bridgehead atoms. The summed E-state index contributed by atoms with van der Waals surface area (Å²) in [5, 5.41) is 22.8. The second-order valence-electron chi connectivity index (χ2n) is 6.33. The number of carboxylic acid groups (broad SMARTS) is 1. The number of nitrogens with one attached hydrogen (secondary N) is 1. The summed E-state index contributed by atoms with van der Waals surface area (Å²) in [5.41, 5.74) is 0.0339. The van der Waals surface area contributed by atoms with Gasteiger partial charge in [0.05, 0.1) is 11.5 Å². The summed E-state index contributed by atoms with van der Waals surface area (Å²) in [7, 11) is 0. The van der Waals surface area contributed by atoms with E-state index in [9.17, 15) is 9.90 Å². The van der Waals surface area contributed by atoms with Gasteiger partial charge >= 0.3 is 5.97 Å². The first-order chi connectivity index (χ1) is 9.99. The summed E-state index contributed by atoms with van der Waals surface area (Å²) >= 11 is 0. The van der Waals surface area contributed by atoms with Gasteiger partial charge in [-0.15, -0.1) is 0 Å². The molecule has 1 atom stereocenters. The highest BCUT2D eigenvalue weighted by molar-refractivity contribution is 5.69. The average Bonchev–Trinajstić information content (AvgIpc) is 2.48. The van der Waals surface area contributed by atoms with E-state index in [1.165, 1.54) is 0 Å². The van der Waals surface area contributed by atoms with Gasteiger partial charge in [0, 0.05) is 6.54 Å². The SMILES string of the molecule is CC(O)(CNCC1CCC(C(=O)O)CC1)c1ccccc1. The monoisotopic (exact) mass is 291 g/mol. The molecule has 4 heteroatoms. The molecular formula is C17H25NO3. The molecule has 1 fully saturated rings. The molecule has 116 valence electrons. The van der Waals surface area contributed by atoms with Gasteiger partial charge in [-0.1, -0.05) is 30.3 Å². The summed E-state index contributed by atoms with van der Waals surface area (Å²) in [6, 6.07) is 9.65. The van der Waals surface area contributed by atoms with Crippen LogP contribution in [0.5, 0.6) is 0 Å². The van der Waals surface area contributed by atoms with Crippen LogP contribution in [0.25, 0.3) is 0 Å². The van der Waals surface area contributed by atoms with Crippen LogP contribution in [0.3, 0.4) is 0 Å². The van der Waals surface area contributed by atoms with Crippen LogP contribution in [0.15, 0.2) is 30.3 Å². The third kappa shape index (κ3) is 4.55. The molecule has 2 rings (SSSR count). The van der Waals surface area contributed by atoms with Crippen LogP contribution in [-0.2, 0) is 10.4 Å². The lowest BCUT2D eigenvalue weighted by molar-refractivity contribution is -0.143. The fourth-order valence-electron chi connectivity index (χ4n) is 3.03. The van der Waals surface area contributed by atoms with Crippen molar-refractivity contribution < 1.29 is 15.0 Å². The van der Waals surface area contributed by atoms with Crippen molar-refractivity contribution in [3.05, 3.63) is 35.9 Å². The first-order valence-corrected chi connectivity index (χ1v) is 7.70. The molecule has 3 N–H and O–H groups in total. The number of carbonyl (C=O) groups is 1. The lowest BCUT2D eigenvalue weighted by Gasteiger charge is -2.29. The van der Waals surface area contributed by atoms with Gasteiger partial charge in [-0.3, -0.25) is 4.79 Å². The Kier molecular flexibility index (Phi) is 5.37. The predicted molar refractivity (Wildman–Crippen MR) is 82.0 cm³/mol. The average molecular weight is 291 g/mol. The smallest absolute Gasteiger partial charge is 0.306 e. The van der Waals surface area contributed by atoms with Crippen molar-refractivity contribution in [2.75, 3.05) is 13.1 Å². The third-order valence-corrected chi connectivity index (χ3v) is 4.49. The maximum Gasteiger partial charge on any atom is 0.306 e. The molecule has 1 aromatic carbocycles. The van der Waals surface area contributed by atoms with E-state index in [1.54, 1.807) is 0 Å². The van der Waals surface area contributed by atoms with Crippen molar-refractivity contribution in [3.8, 4) is 0 Å². The molecule has 0 spiro atoms. The zero-order valence-electron chi connectivity index (χ0n) is 12.6. The standard InChI is InChI=1S/C17H25NO3/c1-17(21,15-5-3-2-4-6-15)12-18-11-13-7-9-14(10-8-13)16(19)20/h2-6,13-14,18,21H,7-12H2,1H3,(H,19,20). The van der Waals surface area contributed by atoms with Crippen molar-refractivity contribution in [2.24, 2.45) is 11.8 Å². The fourth-order valence-corrected chi connectivity index (χ4v) is 3.03. The largest absolute Gasteiger partial charge is 0.481 e. The Balaban J connectivity index is 1.74. The molecule has 1 aliphatic rings. The molecule has 1 aliphatic carbocycles. The van der Waals surface area contributed by atoms with Gasteiger partial charge in [0.2, 0.25) is 0 Å². The van der Waals surface area contributed by atoms with Crippen LogP contribution in [-0.4, -0.2) is 29.3 Å². The number of hydrogen-bond acceptors (Lipinski definition) is 3. The van der Waals surface area contributed by atoms with E-state index < -0.39 is 11.6 Å². The van der Waals surface area contributed by atoms with Crippen molar-refractivity contribution in [1.82, 2.24) is 5.32 Å². The van der Waals surface area contributed by atoms with Gasteiger partial charge < -0.3 is 15.5 Å². The van der Waals surface area contributed by atoms with Crippen molar-refractivity contribution >= 4 is 5.97 Å². The van der Waals surface area contributed by atoms with E-state index in [0.29, 0.717) is 12.5 Å². The minimum absolute atomic E-state index is 0.159. The lowest BCUT2D eigenvalue weighted by atomic mass is 9.82. The minimum atomic E-state index is -0.875. The molecule has 1 aromatic rings. The van der Waals surface area contributed by atoms with E-state index in [2.05, 4.69) is 5.32 Å². The molecule has 1 unspecified atom stereocenters. The van der Waals surface area contributed by atoms with Crippen LogP contribution in [0.1, 0.15) is 38.2 Å². The number of benzene rings is 1. The van der Waals surface area contributed by atoms with Crippen molar-refractivity contribution in [3.63, 3.8) is 0 Å². The second kappa shape index (κ2) is 7.05.